The summed E-state index contributed by atoms with van der Waals surface area (Å²) in [6, 6.07) is 0. The van der Waals surface area contributed by atoms with Gasteiger partial charge in [0.05, 0.1) is 18.4 Å². The average molecular weight is 218 g/mol. The maximum atomic E-state index is 10.3. The van der Waals surface area contributed by atoms with E-state index in [2.05, 4.69) is 16.5 Å². The average Bonchev–Trinajstić information content (AvgIpc) is 2.15. The van der Waals surface area contributed by atoms with Gasteiger partial charge in [0.2, 0.25) is 5.88 Å². The van der Waals surface area contributed by atoms with E-state index in [-0.39, 0.29) is 63.0 Å². The minimum atomic E-state index is -1.36. The number of rotatable bonds is 4. The molecule has 0 N–H and O–H groups in total. The van der Waals surface area contributed by atoms with E-state index in [0.717, 1.165) is 6.20 Å². The van der Waals surface area contributed by atoms with Gasteiger partial charge in [-0.15, -0.1) is 0 Å². The molecule has 5 nitrogen and oxygen atoms in total. The third kappa shape index (κ3) is 4.29. The maximum Gasteiger partial charge on any atom is 1.00 e. The van der Waals surface area contributed by atoms with Crippen molar-refractivity contribution in [2.75, 3.05) is 6.61 Å². The van der Waals surface area contributed by atoms with Crippen LogP contribution in [0.25, 0.3) is 0 Å². The van der Waals surface area contributed by atoms with Gasteiger partial charge in [0.15, 0.2) is 0 Å². The summed E-state index contributed by atoms with van der Waals surface area (Å²) in [5.74, 6) is -1.10. The van der Waals surface area contributed by atoms with Crippen LogP contribution in [0, 0.1) is 0 Å². The minimum Gasteiger partial charge on any atom is -0.543 e. The Labute approximate surface area is 124 Å². The van der Waals surface area contributed by atoms with Gasteiger partial charge in [-0.2, -0.15) is 0 Å². The summed E-state index contributed by atoms with van der Waals surface area (Å²) >= 11 is 0. The zero-order valence-corrected chi connectivity index (χ0v) is 10.9. The summed E-state index contributed by atoms with van der Waals surface area (Å²) in [7, 11) is 0. The van der Waals surface area contributed by atoms with Crippen molar-refractivity contribution in [3.05, 3.63) is 30.7 Å². The zero-order valence-electron chi connectivity index (χ0n) is 7.77. The quantitative estimate of drug-likeness (QED) is 0.386. The molecular weight excluding hydrogens is 211 g/mol. The molecule has 14 heavy (non-hydrogen) atoms. The standard InChI is InChI=1S/C8H8N2O3.K/c1-2-3-13-7-5-9-6(4-10-7)8(11)12;/h2,4-5H,1,3H2,(H,11,12);/q;+1/p-1. The van der Waals surface area contributed by atoms with Crippen molar-refractivity contribution < 1.29 is 66.0 Å². The van der Waals surface area contributed by atoms with Crippen LogP contribution in [0.15, 0.2) is 25.0 Å². The third-order valence-corrected chi connectivity index (χ3v) is 1.19. The molecule has 0 saturated heterocycles. The van der Waals surface area contributed by atoms with Gasteiger partial charge in [-0.1, -0.05) is 12.7 Å². The topological polar surface area (TPSA) is 75.1 Å². The fourth-order valence-electron chi connectivity index (χ4n) is 0.640. The first-order valence-electron chi connectivity index (χ1n) is 3.51. The number of carbonyl (C=O) groups excluding carboxylic acids is 1. The Balaban J connectivity index is 0.00000169. The summed E-state index contributed by atoms with van der Waals surface area (Å²) in [6.07, 6.45) is 3.84. The molecule has 0 unspecified atom stereocenters. The van der Waals surface area contributed by atoms with Crippen LogP contribution in [0.5, 0.6) is 5.88 Å². The van der Waals surface area contributed by atoms with Crippen molar-refractivity contribution >= 4 is 5.97 Å². The fraction of sp³-hybridized carbons (Fsp3) is 0.125. The largest absolute Gasteiger partial charge is 1.00 e. The molecule has 0 aliphatic heterocycles. The number of aromatic carboxylic acids is 1. The first kappa shape index (κ1) is 13.7. The van der Waals surface area contributed by atoms with Gasteiger partial charge < -0.3 is 14.6 Å². The number of carbonyl (C=O) groups is 1. The summed E-state index contributed by atoms with van der Waals surface area (Å²) in [5, 5.41) is 10.3. The first-order valence-corrected chi connectivity index (χ1v) is 3.51. The van der Waals surface area contributed by atoms with Crippen LogP contribution in [0.2, 0.25) is 0 Å². The second-order valence-corrected chi connectivity index (χ2v) is 2.13. The molecule has 0 fully saturated rings. The number of carboxylic acid groups (broad SMARTS) is 1. The van der Waals surface area contributed by atoms with Crippen LogP contribution in [0.3, 0.4) is 0 Å². The Morgan fingerprint density at radius 1 is 1.57 bits per heavy atom. The molecule has 0 atom stereocenters. The normalized spacial score (nSPS) is 8.57. The monoisotopic (exact) mass is 218 g/mol. The van der Waals surface area contributed by atoms with Gasteiger partial charge in [0, 0.05) is 0 Å². The van der Waals surface area contributed by atoms with E-state index < -0.39 is 5.97 Å². The molecule has 1 aromatic rings. The first-order chi connectivity index (χ1) is 6.24. The molecule has 1 rings (SSSR count). The molecule has 1 heterocycles. The van der Waals surface area contributed by atoms with Gasteiger partial charge in [0.25, 0.3) is 0 Å². The van der Waals surface area contributed by atoms with Gasteiger partial charge in [-0.25, -0.2) is 9.97 Å². The van der Waals surface area contributed by atoms with Crippen molar-refractivity contribution in [2.45, 2.75) is 0 Å². The van der Waals surface area contributed by atoms with Gasteiger partial charge in [0.1, 0.15) is 12.3 Å². The smallest absolute Gasteiger partial charge is 0.543 e. The van der Waals surface area contributed by atoms with E-state index in [9.17, 15) is 9.90 Å². The Morgan fingerprint density at radius 3 is 2.71 bits per heavy atom. The predicted octanol–water partition coefficient (Wildman–Crippen LogP) is -3.59. The number of nitrogens with zero attached hydrogens (tertiary/aromatic N) is 2. The second kappa shape index (κ2) is 7.08. The molecule has 0 spiro atoms. The molecule has 0 bridgehead atoms. The predicted molar refractivity (Wildman–Crippen MR) is 42.1 cm³/mol. The summed E-state index contributed by atoms with van der Waals surface area (Å²) in [6.45, 7) is 3.75. The molecule has 0 aromatic carbocycles. The summed E-state index contributed by atoms with van der Waals surface area (Å²) < 4.78 is 4.98. The number of hydrogen-bond donors (Lipinski definition) is 0. The third-order valence-electron chi connectivity index (χ3n) is 1.19. The van der Waals surface area contributed by atoms with Crippen LogP contribution in [0.4, 0.5) is 0 Å². The molecule has 68 valence electrons. The van der Waals surface area contributed by atoms with E-state index in [1.807, 2.05) is 0 Å². The van der Waals surface area contributed by atoms with E-state index in [1.54, 1.807) is 6.08 Å². The number of hydrogen-bond acceptors (Lipinski definition) is 5. The molecule has 1 aromatic heterocycles. The van der Waals surface area contributed by atoms with Gasteiger partial charge in [-0.05, 0) is 0 Å². The zero-order chi connectivity index (χ0) is 9.68. The molecule has 0 amide bonds. The number of carboxylic acids is 1. The van der Waals surface area contributed by atoms with E-state index in [0.29, 0.717) is 6.61 Å². The fourth-order valence-corrected chi connectivity index (χ4v) is 0.640. The molecular formula is C8H7KN2O3. The second-order valence-electron chi connectivity index (χ2n) is 2.13. The van der Waals surface area contributed by atoms with Crippen molar-refractivity contribution in [3.63, 3.8) is 0 Å². The van der Waals surface area contributed by atoms with Crippen molar-refractivity contribution in [1.29, 1.82) is 0 Å². The summed E-state index contributed by atoms with van der Waals surface area (Å²) in [4.78, 5) is 17.5. The minimum absolute atomic E-state index is 0. The van der Waals surface area contributed by atoms with Crippen LogP contribution in [-0.2, 0) is 0 Å². The van der Waals surface area contributed by atoms with E-state index in [1.165, 1.54) is 6.20 Å². The number of ether oxygens (including phenoxy) is 1. The SMILES string of the molecule is C=CCOc1cnc(C(=O)[O-])cn1.[K+]. The summed E-state index contributed by atoms with van der Waals surface area (Å²) in [5.41, 5.74) is -0.217. The van der Waals surface area contributed by atoms with Crippen LogP contribution in [-0.4, -0.2) is 22.5 Å². The number of aromatic nitrogens is 2. The van der Waals surface area contributed by atoms with Crippen LogP contribution >= 0.6 is 0 Å². The Morgan fingerprint density at radius 2 is 2.29 bits per heavy atom. The molecule has 0 aliphatic carbocycles. The molecule has 0 aliphatic rings. The van der Waals surface area contributed by atoms with Crippen LogP contribution < -0.4 is 61.2 Å². The van der Waals surface area contributed by atoms with Crippen molar-refractivity contribution in [1.82, 2.24) is 9.97 Å². The van der Waals surface area contributed by atoms with Crippen LogP contribution in [0.1, 0.15) is 10.5 Å². The Bertz CT molecular complexity index is 313. The Hall–Kier alpha value is -0.274. The van der Waals surface area contributed by atoms with Gasteiger partial charge in [-0.3, -0.25) is 0 Å². The van der Waals surface area contributed by atoms with E-state index in [4.69, 9.17) is 4.74 Å². The van der Waals surface area contributed by atoms with E-state index >= 15 is 0 Å². The van der Waals surface area contributed by atoms with Crippen molar-refractivity contribution in [2.24, 2.45) is 0 Å². The molecule has 6 heteroatoms. The maximum absolute atomic E-state index is 10.3. The molecule has 0 saturated carbocycles. The van der Waals surface area contributed by atoms with Crippen molar-refractivity contribution in [3.8, 4) is 5.88 Å². The molecule has 0 radical (unpaired) electrons. The Kier molecular flexibility index (Phi) is 6.94. The van der Waals surface area contributed by atoms with Gasteiger partial charge >= 0.3 is 51.4 Å².